The van der Waals surface area contributed by atoms with E-state index >= 15 is 0 Å². The summed E-state index contributed by atoms with van der Waals surface area (Å²) in [5.74, 6) is 0. The summed E-state index contributed by atoms with van der Waals surface area (Å²) in [4.78, 5) is 0.482. The monoisotopic (exact) mass is 273 g/mol. The number of fused-ring (bicyclic) bond motifs is 1. The third-order valence-corrected chi connectivity index (χ3v) is 5.27. The second kappa shape index (κ2) is 4.38. The Hall–Kier alpha value is -1.81. The zero-order chi connectivity index (χ0) is 13.5. The molecule has 0 saturated heterocycles. The van der Waals surface area contributed by atoms with Gasteiger partial charge in [-0.2, -0.15) is 0 Å². The molecule has 3 rings (SSSR count). The van der Waals surface area contributed by atoms with Gasteiger partial charge in [0, 0.05) is 11.6 Å². The van der Waals surface area contributed by atoms with Crippen LogP contribution < -0.4 is 0 Å². The maximum absolute atomic E-state index is 12.7. The van der Waals surface area contributed by atoms with Gasteiger partial charge in [-0.1, -0.05) is 30.4 Å². The fourth-order valence-electron chi connectivity index (χ4n) is 2.46. The summed E-state index contributed by atoms with van der Waals surface area (Å²) in [6.07, 6.45) is 8.50. The van der Waals surface area contributed by atoms with E-state index in [9.17, 15) is 8.42 Å². The molecule has 1 aromatic carbocycles. The minimum Gasteiger partial charge on any atom is -0.241 e. The van der Waals surface area contributed by atoms with Crippen molar-refractivity contribution < 1.29 is 8.42 Å². The van der Waals surface area contributed by atoms with Crippen LogP contribution in [-0.4, -0.2) is 12.4 Å². The van der Waals surface area contributed by atoms with Crippen LogP contribution in [0.3, 0.4) is 0 Å². The highest BCUT2D eigenvalue weighted by molar-refractivity contribution is 7.94. The van der Waals surface area contributed by atoms with Gasteiger partial charge in [-0.05, 0) is 37.5 Å². The summed E-state index contributed by atoms with van der Waals surface area (Å²) in [5, 5.41) is 0.954. The van der Waals surface area contributed by atoms with Crippen LogP contribution in [0.4, 0.5) is 0 Å². The molecule has 19 heavy (non-hydrogen) atoms. The second-order valence-corrected chi connectivity index (χ2v) is 6.60. The lowest BCUT2D eigenvalue weighted by molar-refractivity contribution is 0.593. The van der Waals surface area contributed by atoms with Crippen LogP contribution in [0, 0.1) is 6.92 Å². The van der Waals surface area contributed by atoms with Crippen LogP contribution in [0.2, 0.25) is 0 Å². The molecule has 0 saturated carbocycles. The van der Waals surface area contributed by atoms with E-state index in [4.69, 9.17) is 0 Å². The number of nitrogens with zero attached hydrogens (tertiary/aromatic N) is 1. The van der Waals surface area contributed by atoms with Gasteiger partial charge in [0.05, 0.1) is 10.4 Å². The lowest BCUT2D eigenvalue weighted by Crippen LogP contribution is -2.15. The highest BCUT2D eigenvalue weighted by atomic mass is 32.2. The smallest absolute Gasteiger partial charge is 0.241 e. The van der Waals surface area contributed by atoms with Crippen molar-refractivity contribution in [2.24, 2.45) is 0 Å². The molecular weight excluding hydrogens is 258 g/mol. The number of hydrogen-bond donors (Lipinski definition) is 0. The van der Waals surface area contributed by atoms with E-state index in [-0.39, 0.29) is 0 Å². The van der Waals surface area contributed by atoms with Crippen molar-refractivity contribution in [3.63, 3.8) is 0 Å². The van der Waals surface area contributed by atoms with Crippen molar-refractivity contribution in [2.75, 3.05) is 0 Å². The van der Waals surface area contributed by atoms with E-state index in [2.05, 4.69) is 0 Å². The first-order valence-corrected chi connectivity index (χ1v) is 7.73. The molecule has 0 N–H and O–H groups in total. The van der Waals surface area contributed by atoms with Gasteiger partial charge in [-0.3, -0.25) is 0 Å². The summed E-state index contributed by atoms with van der Waals surface area (Å²) >= 11 is 0. The summed E-state index contributed by atoms with van der Waals surface area (Å²) in [6.45, 7) is 1.93. The SMILES string of the molecule is Cc1cccc2ccn(S(=O)(=O)C3=CC=CCC3)c12. The van der Waals surface area contributed by atoms with Gasteiger partial charge in [0.25, 0.3) is 10.0 Å². The van der Waals surface area contributed by atoms with Crippen molar-refractivity contribution in [3.05, 3.63) is 59.2 Å². The predicted octanol–water partition coefficient (Wildman–Crippen LogP) is 3.36. The third-order valence-electron chi connectivity index (χ3n) is 3.44. The average Bonchev–Trinajstić information content (AvgIpc) is 2.86. The molecule has 1 aromatic heterocycles. The zero-order valence-electron chi connectivity index (χ0n) is 10.7. The molecular formula is C15H15NO2S. The van der Waals surface area contributed by atoms with Crippen molar-refractivity contribution in [3.8, 4) is 0 Å². The van der Waals surface area contributed by atoms with Crippen LogP contribution in [-0.2, 0) is 10.0 Å². The summed E-state index contributed by atoms with van der Waals surface area (Å²) in [5.41, 5.74) is 1.75. The van der Waals surface area contributed by atoms with E-state index in [0.29, 0.717) is 11.3 Å². The van der Waals surface area contributed by atoms with E-state index in [0.717, 1.165) is 22.9 Å². The Bertz CT molecular complexity index is 795. The fraction of sp³-hybridized carbons (Fsp3) is 0.200. The topological polar surface area (TPSA) is 39.1 Å². The number of hydrogen-bond acceptors (Lipinski definition) is 2. The van der Waals surface area contributed by atoms with Crippen LogP contribution in [0.5, 0.6) is 0 Å². The summed E-state index contributed by atoms with van der Waals surface area (Å²) in [7, 11) is -3.44. The largest absolute Gasteiger partial charge is 0.264 e. The minimum atomic E-state index is -3.44. The van der Waals surface area contributed by atoms with Crippen LogP contribution >= 0.6 is 0 Å². The first-order valence-electron chi connectivity index (χ1n) is 6.29. The van der Waals surface area contributed by atoms with E-state index < -0.39 is 10.0 Å². The number of allylic oxidation sites excluding steroid dienone is 4. The van der Waals surface area contributed by atoms with E-state index in [1.165, 1.54) is 3.97 Å². The third kappa shape index (κ3) is 1.92. The zero-order valence-corrected chi connectivity index (χ0v) is 11.5. The quantitative estimate of drug-likeness (QED) is 0.841. The van der Waals surface area contributed by atoms with Gasteiger partial charge in [-0.15, -0.1) is 0 Å². The molecule has 0 amide bonds. The Kier molecular flexibility index (Phi) is 2.82. The lowest BCUT2D eigenvalue weighted by atomic mass is 10.2. The standard InChI is InChI=1S/C15H15NO2S/c1-12-6-5-7-13-10-11-16(15(12)13)19(17,18)14-8-3-2-4-9-14/h2-3,5-8,10-11H,4,9H2,1H3. The number of rotatable bonds is 2. The van der Waals surface area contributed by atoms with Crippen LogP contribution in [0.25, 0.3) is 10.9 Å². The molecule has 2 aromatic rings. The molecule has 0 bridgehead atoms. The van der Waals surface area contributed by atoms with Crippen molar-refractivity contribution in [2.45, 2.75) is 19.8 Å². The normalized spacial score (nSPS) is 15.7. The maximum Gasteiger partial charge on any atom is 0.264 e. The molecule has 0 aliphatic heterocycles. The molecule has 1 aliphatic carbocycles. The maximum atomic E-state index is 12.7. The highest BCUT2D eigenvalue weighted by Gasteiger charge is 2.22. The molecule has 0 spiro atoms. The summed E-state index contributed by atoms with van der Waals surface area (Å²) < 4.78 is 26.8. The van der Waals surface area contributed by atoms with Crippen molar-refractivity contribution in [1.82, 2.24) is 3.97 Å². The van der Waals surface area contributed by atoms with Gasteiger partial charge >= 0.3 is 0 Å². The molecule has 0 unspecified atom stereocenters. The van der Waals surface area contributed by atoms with Gasteiger partial charge in [-0.25, -0.2) is 12.4 Å². The number of aromatic nitrogens is 1. The van der Waals surface area contributed by atoms with E-state index in [1.54, 1.807) is 12.3 Å². The van der Waals surface area contributed by atoms with Gasteiger partial charge in [0.1, 0.15) is 0 Å². The van der Waals surface area contributed by atoms with Gasteiger partial charge in [0.15, 0.2) is 0 Å². The number of aryl methyl sites for hydroxylation is 1. The van der Waals surface area contributed by atoms with E-state index in [1.807, 2.05) is 43.3 Å². The average molecular weight is 273 g/mol. The molecule has 1 aliphatic rings. The Morgan fingerprint density at radius 2 is 2.05 bits per heavy atom. The predicted molar refractivity (Wildman–Crippen MR) is 77.4 cm³/mol. The molecule has 4 heteroatoms. The lowest BCUT2D eigenvalue weighted by Gasteiger charge is -2.13. The molecule has 0 radical (unpaired) electrons. The Balaban J connectivity index is 2.25. The molecule has 1 heterocycles. The van der Waals surface area contributed by atoms with Crippen LogP contribution in [0.15, 0.2) is 53.6 Å². The first-order chi connectivity index (χ1) is 9.10. The second-order valence-electron chi connectivity index (χ2n) is 4.73. The van der Waals surface area contributed by atoms with Crippen molar-refractivity contribution in [1.29, 1.82) is 0 Å². The Labute approximate surface area is 112 Å². The van der Waals surface area contributed by atoms with Crippen LogP contribution in [0.1, 0.15) is 18.4 Å². The minimum absolute atomic E-state index is 0.482. The number of benzene rings is 1. The molecule has 0 fully saturated rings. The highest BCUT2D eigenvalue weighted by Crippen LogP contribution is 2.27. The summed E-state index contributed by atoms with van der Waals surface area (Å²) in [6, 6.07) is 7.66. The molecule has 0 atom stereocenters. The fourth-order valence-corrected chi connectivity index (χ4v) is 4.05. The van der Waals surface area contributed by atoms with Gasteiger partial charge < -0.3 is 0 Å². The van der Waals surface area contributed by atoms with Gasteiger partial charge in [0.2, 0.25) is 0 Å². The molecule has 98 valence electrons. The number of para-hydroxylation sites is 1. The Morgan fingerprint density at radius 3 is 2.79 bits per heavy atom. The molecule has 3 nitrogen and oxygen atoms in total. The Morgan fingerprint density at radius 1 is 1.21 bits per heavy atom. The van der Waals surface area contributed by atoms with Crippen molar-refractivity contribution >= 4 is 20.9 Å². The first kappa shape index (κ1) is 12.2.